The molecule has 1 saturated heterocycles. The normalized spacial score (nSPS) is 19.6. The molecule has 0 aliphatic carbocycles. The van der Waals surface area contributed by atoms with Crippen molar-refractivity contribution in [3.8, 4) is 5.75 Å². The lowest BCUT2D eigenvalue weighted by Gasteiger charge is -2.15. The highest BCUT2D eigenvalue weighted by Gasteiger charge is 2.22. The number of nitrogens with two attached hydrogens (primary N) is 1. The topological polar surface area (TPSA) is 78.6 Å². The van der Waals surface area contributed by atoms with Crippen LogP contribution in [0.5, 0.6) is 5.75 Å². The Morgan fingerprint density at radius 1 is 1.53 bits per heavy atom. The first kappa shape index (κ1) is 15.1. The first-order valence-electron chi connectivity index (χ1n) is 5.60. The monoisotopic (exact) mass is 369 g/mol. The Morgan fingerprint density at radius 3 is 2.84 bits per heavy atom. The molecule has 1 unspecified atom stereocenters. The van der Waals surface area contributed by atoms with Gasteiger partial charge in [-0.15, -0.1) is 0 Å². The average Bonchev–Trinajstić information content (AvgIpc) is 2.78. The third kappa shape index (κ3) is 3.82. The Bertz CT molecular complexity index is 572. The predicted molar refractivity (Wildman–Crippen MR) is 74.9 cm³/mol. The molecule has 8 heteroatoms. The van der Waals surface area contributed by atoms with Crippen molar-refractivity contribution in [3.05, 3.63) is 21.6 Å². The predicted octanol–water partition coefficient (Wildman–Crippen LogP) is 2.17. The maximum Gasteiger partial charge on any atom is 0.241 e. The van der Waals surface area contributed by atoms with Gasteiger partial charge in [0, 0.05) is 17.0 Å². The molecule has 0 radical (unpaired) electrons. The maximum absolute atomic E-state index is 11.5. The van der Waals surface area contributed by atoms with Crippen LogP contribution in [0.4, 0.5) is 0 Å². The second-order valence-corrected chi connectivity index (χ2v) is 7.15. The summed E-state index contributed by atoms with van der Waals surface area (Å²) in [4.78, 5) is -0.120. The molecule has 0 saturated carbocycles. The van der Waals surface area contributed by atoms with Gasteiger partial charge in [-0.25, -0.2) is 13.6 Å². The Hall–Kier alpha value is -0.340. The molecule has 1 fully saturated rings. The summed E-state index contributed by atoms with van der Waals surface area (Å²) in [5.74, 6) is 0.340. The molecular formula is C11H13BrClNO4S. The summed E-state index contributed by atoms with van der Waals surface area (Å²) in [5, 5.41) is 5.37. The number of primary sulfonamides is 1. The van der Waals surface area contributed by atoms with Gasteiger partial charge in [-0.3, -0.25) is 0 Å². The second-order valence-electron chi connectivity index (χ2n) is 4.30. The van der Waals surface area contributed by atoms with Crippen molar-refractivity contribution >= 4 is 37.6 Å². The molecule has 0 aromatic heterocycles. The highest BCUT2D eigenvalue weighted by Crippen LogP contribution is 2.35. The van der Waals surface area contributed by atoms with Crippen molar-refractivity contribution < 1.29 is 17.9 Å². The van der Waals surface area contributed by atoms with Crippen LogP contribution in [0.15, 0.2) is 21.5 Å². The van der Waals surface area contributed by atoms with E-state index in [0.29, 0.717) is 24.3 Å². The first-order chi connectivity index (χ1) is 8.88. The van der Waals surface area contributed by atoms with Gasteiger partial charge in [-0.05, 0) is 18.6 Å². The molecule has 106 valence electrons. The van der Waals surface area contributed by atoms with Gasteiger partial charge >= 0.3 is 0 Å². The van der Waals surface area contributed by atoms with E-state index < -0.39 is 10.0 Å². The van der Waals surface area contributed by atoms with Crippen molar-refractivity contribution in [3.63, 3.8) is 0 Å². The van der Waals surface area contributed by atoms with E-state index in [0.717, 1.165) is 6.42 Å². The van der Waals surface area contributed by atoms with E-state index in [1.807, 2.05) is 0 Å². The van der Waals surface area contributed by atoms with Gasteiger partial charge in [0.25, 0.3) is 0 Å². The van der Waals surface area contributed by atoms with Crippen LogP contribution in [0.1, 0.15) is 6.42 Å². The molecule has 1 atom stereocenters. The van der Waals surface area contributed by atoms with Crippen LogP contribution in [-0.2, 0) is 14.8 Å². The number of sulfonamides is 1. The fraction of sp³-hybridized carbons (Fsp3) is 0.455. The van der Waals surface area contributed by atoms with E-state index in [1.54, 1.807) is 6.07 Å². The number of benzene rings is 1. The molecule has 1 aromatic carbocycles. The van der Waals surface area contributed by atoms with E-state index in [1.165, 1.54) is 6.07 Å². The molecular weight excluding hydrogens is 358 g/mol. The Kier molecular flexibility index (Phi) is 4.73. The third-order valence-corrected chi connectivity index (χ3v) is 4.42. The number of hydrogen-bond acceptors (Lipinski definition) is 4. The van der Waals surface area contributed by atoms with Crippen LogP contribution < -0.4 is 9.88 Å². The summed E-state index contributed by atoms with van der Waals surface area (Å²) in [6.07, 6.45) is 0.888. The molecule has 1 aliphatic heterocycles. The maximum atomic E-state index is 11.5. The van der Waals surface area contributed by atoms with Gasteiger partial charge in [0.2, 0.25) is 10.0 Å². The summed E-state index contributed by atoms with van der Waals surface area (Å²) in [5.41, 5.74) is 0. The smallest absolute Gasteiger partial charge is 0.241 e. The van der Waals surface area contributed by atoms with Gasteiger partial charge in [0.05, 0.1) is 18.2 Å². The minimum absolute atomic E-state index is 0.0965. The SMILES string of the molecule is NS(=O)(=O)c1cc(Br)cc(Cl)c1OCC1CCOC1. The van der Waals surface area contributed by atoms with Gasteiger partial charge in [-0.1, -0.05) is 27.5 Å². The molecule has 1 aromatic rings. The zero-order valence-corrected chi connectivity index (χ0v) is 13.1. The van der Waals surface area contributed by atoms with Gasteiger partial charge < -0.3 is 9.47 Å². The third-order valence-electron chi connectivity index (χ3n) is 2.77. The highest BCUT2D eigenvalue weighted by molar-refractivity contribution is 9.10. The number of rotatable bonds is 4. The summed E-state index contributed by atoms with van der Waals surface area (Å²) in [6.45, 7) is 1.66. The van der Waals surface area contributed by atoms with Crippen LogP contribution in [0.3, 0.4) is 0 Å². The highest BCUT2D eigenvalue weighted by atomic mass is 79.9. The standard InChI is InChI=1S/C11H13BrClNO4S/c12-8-3-9(13)11(10(4-8)19(14,15)16)18-6-7-1-2-17-5-7/h3-4,7H,1-2,5-6H2,(H2,14,15,16). The second kappa shape index (κ2) is 5.97. The van der Waals surface area contributed by atoms with E-state index in [9.17, 15) is 8.42 Å². The molecule has 5 nitrogen and oxygen atoms in total. The van der Waals surface area contributed by atoms with Crippen molar-refractivity contribution in [1.82, 2.24) is 0 Å². The van der Waals surface area contributed by atoms with E-state index in [-0.39, 0.29) is 21.6 Å². The largest absolute Gasteiger partial charge is 0.490 e. The fourth-order valence-corrected chi connectivity index (χ4v) is 3.59. The van der Waals surface area contributed by atoms with Gasteiger partial charge in [0.1, 0.15) is 4.90 Å². The lowest BCUT2D eigenvalue weighted by Crippen LogP contribution is -2.17. The molecule has 0 amide bonds. The summed E-state index contributed by atoms with van der Waals surface area (Å²) in [6, 6.07) is 2.94. The first-order valence-corrected chi connectivity index (χ1v) is 8.32. The number of ether oxygens (including phenoxy) is 2. The average molecular weight is 371 g/mol. The number of halogens is 2. The fourth-order valence-electron chi connectivity index (χ4n) is 1.80. The van der Waals surface area contributed by atoms with Crippen LogP contribution in [0, 0.1) is 5.92 Å². The number of hydrogen-bond donors (Lipinski definition) is 1. The lowest BCUT2D eigenvalue weighted by molar-refractivity contribution is 0.166. The molecule has 2 N–H and O–H groups in total. The molecule has 19 heavy (non-hydrogen) atoms. The minimum atomic E-state index is -3.89. The molecule has 0 spiro atoms. The Balaban J connectivity index is 2.27. The molecule has 0 bridgehead atoms. The Labute approximate surface area is 125 Å². The van der Waals surface area contributed by atoms with E-state index in [2.05, 4.69) is 15.9 Å². The van der Waals surface area contributed by atoms with Crippen molar-refractivity contribution in [2.24, 2.45) is 11.1 Å². The van der Waals surface area contributed by atoms with Crippen LogP contribution >= 0.6 is 27.5 Å². The quantitative estimate of drug-likeness (QED) is 0.881. The van der Waals surface area contributed by atoms with E-state index >= 15 is 0 Å². The minimum Gasteiger partial charge on any atom is -0.490 e. The van der Waals surface area contributed by atoms with Crippen molar-refractivity contribution in [1.29, 1.82) is 0 Å². The summed E-state index contributed by atoms with van der Waals surface area (Å²) >= 11 is 9.20. The molecule has 2 rings (SSSR count). The lowest BCUT2D eigenvalue weighted by atomic mass is 10.1. The van der Waals surface area contributed by atoms with Gasteiger partial charge in [-0.2, -0.15) is 0 Å². The summed E-state index contributed by atoms with van der Waals surface area (Å²) < 4.78 is 34.4. The van der Waals surface area contributed by atoms with Crippen LogP contribution in [-0.4, -0.2) is 28.2 Å². The van der Waals surface area contributed by atoms with Crippen molar-refractivity contribution in [2.45, 2.75) is 11.3 Å². The zero-order chi connectivity index (χ0) is 14.0. The molecule has 1 aliphatic rings. The van der Waals surface area contributed by atoms with Crippen LogP contribution in [0.25, 0.3) is 0 Å². The van der Waals surface area contributed by atoms with Crippen molar-refractivity contribution in [2.75, 3.05) is 19.8 Å². The van der Waals surface area contributed by atoms with Crippen LogP contribution in [0.2, 0.25) is 5.02 Å². The van der Waals surface area contributed by atoms with Gasteiger partial charge in [0.15, 0.2) is 5.75 Å². The molecule has 1 heterocycles. The Morgan fingerprint density at radius 2 is 2.26 bits per heavy atom. The van der Waals surface area contributed by atoms with E-state index in [4.69, 9.17) is 26.2 Å². The zero-order valence-electron chi connectivity index (χ0n) is 9.93. The summed E-state index contributed by atoms with van der Waals surface area (Å²) in [7, 11) is -3.89.